The number of carbonyl (C=O) groups is 1. The Labute approximate surface area is 161 Å². The molecule has 6 nitrogen and oxygen atoms in total. The molecule has 2 saturated carbocycles. The number of hydrogen-bond donors (Lipinski definition) is 2. The smallest absolute Gasteiger partial charge is 0.240 e. The predicted octanol–water partition coefficient (Wildman–Crippen LogP) is 2.33. The van der Waals surface area contributed by atoms with Gasteiger partial charge in [0, 0.05) is 37.3 Å². The highest BCUT2D eigenvalue weighted by atomic mass is 32.2. The second-order valence-corrected chi connectivity index (χ2v) is 9.84. The molecule has 4 rings (SSSR count). The molecular formula is C20H29N3O3S. The van der Waals surface area contributed by atoms with Gasteiger partial charge in [-0.25, -0.2) is 13.1 Å². The number of rotatable bonds is 5. The second kappa shape index (κ2) is 7.53. The maximum atomic E-state index is 12.9. The molecule has 1 amide bonds. The van der Waals surface area contributed by atoms with Gasteiger partial charge < -0.3 is 10.2 Å². The van der Waals surface area contributed by atoms with Crippen LogP contribution in [0.15, 0.2) is 23.1 Å². The molecule has 3 aliphatic rings. The van der Waals surface area contributed by atoms with Crippen molar-refractivity contribution in [3.8, 4) is 0 Å². The number of nitrogens with zero attached hydrogens (tertiary/aromatic N) is 1. The first kappa shape index (κ1) is 18.9. The van der Waals surface area contributed by atoms with Crippen molar-refractivity contribution in [2.24, 2.45) is 0 Å². The van der Waals surface area contributed by atoms with E-state index in [1.54, 1.807) is 30.0 Å². The maximum Gasteiger partial charge on any atom is 0.240 e. The third-order valence-corrected chi connectivity index (χ3v) is 7.73. The van der Waals surface area contributed by atoms with E-state index >= 15 is 0 Å². The summed E-state index contributed by atoms with van der Waals surface area (Å²) in [6.45, 7) is 2.25. The zero-order valence-corrected chi connectivity index (χ0v) is 16.7. The molecular weight excluding hydrogens is 362 g/mol. The van der Waals surface area contributed by atoms with Crippen LogP contribution in [0.2, 0.25) is 0 Å². The molecule has 2 unspecified atom stereocenters. The third kappa shape index (κ3) is 3.91. The number of carbonyl (C=O) groups excluding carboxylic acids is 1. The zero-order valence-electron chi connectivity index (χ0n) is 15.9. The molecule has 148 valence electrons. The Bertz CT molecular complexity index is 818. The fourth-order valence-electron chi connectivity index (χ4n) is 4.57. The van der Waals surface area contributed by atoms with Crippen LogP contribution in [0.5, 0.6) is 0 Å². The highest BCUT2D eigenvalue weighted by Gasteiger charge is 2.36. The molecule has 1 heterocycles. The number of hydrogen-bond acceptors (Lipinski definition) is 4. The Morgan fingerprint density at radius 3 is 2.48 bits per heavy atom. The number of benzene rings is 1. The van der Waals surface area contributed by atoms with Crippen molar-refractivity contribution in [3.63, 3.8) is 0 Å². The van der Waals surface area contributed by atoms with Crippen LogP contribution in [-0.4, -0.2) is 39.0 Å². The van der Waals surface area contributed by atoms with Crippen molar-refractivity contribution < 1.29 is 13.2 Å². The summed E-state index contributed by atoms with van der Waals surface area (Å²) in [5.74, 6) is -0.0000194. The molecule has 0 saturated heterocycles. The minimum absolute atomic E-state index is 0.0000194. The molecule has 1 aromatic carbocycles. The fourth-order valence-corrected chi connectivity index (χ4v) is 5.93. The summed E-state index contributed by atoms with van der Waals surface area (Å²) in [6.07, 6.45) is 8.52. The van der Waals surface area contributed by atoms with Crippen LogP contribution < -0.4 is 14.9 Å². The molecule has 27 heavy (non-hydrogen) atoms. The van der Waals surface area contributed by atoms with E-state index in [0.717, 1.165) is 36.9 Å². The standard InChI is InChI=1S/C20H29N3O3S/c1-14(24)23-12-4-5-15-13-17(8-11-20(15)23)27(25,26)22-19-10-9-18(19)21-16-6-2-3-7-16/h8,11,13,16,18-19,21-22H,2-7,9-10,12H2,1H3. The normalized spacial score (nSPS) is 25.9. The van der Waals surface area contributed by atoms with E-state index in [4.69, 9.17) is 0 Å². The van der Waals surface area contributed by atoms with E-state index < -0.39 is 10.0 Å². The lowest BCUT2D eigenvalue weighted by Gasteiger charge is -2.39. The quantitative estimate of drug-likeness (QED) is 0.807. The molecule has 7 heteroatoms. The van der Waals surface area contributed by atoms with Gasteiger partial charge in [0.05, 0.1) is 4.90 Å². The van der Waals surface area contributed by atoms with Gasteiger partial charge in [0.1, 0.15) is 0 Å². The first-order valence-corrected chi connectivity index (χ1v) is 11.6. The zero-order chi connectivity index (χ0) is 19.0. The van der Waals surface area contributed by atoms with Crippen LogP contribution in [0, 0.1) is 0 Å². The monoisotopic (exact) mass is 391 g/mol. The lowest BCUT2D eigenvalue weighted by molar-refractivity contribution is -0.116. The summed E-state index contributed by atoms with van der Waals surface area (Å²) in [6, 6.07) is 5.91. The van der Waals surface area contributed by atoms with Crippen molar-refractivity contribution in [1.29, 1.82) is 0 Å². The maximum absolute atomic E-state index is 12.9. The van der Waals surface area contributed by atoms with E-state index in [1.807, 2.05) is 0 Å². The van der Waals surface area contributed by atoms with Crippen LogP contribution in [0.3, 0.4) is 0 Å². The highest BCUT2D eigenvalue weighted by molar-refractivity contribution is 7.89. The van der Waals surface area contributed by atoms with Crippen LogP contribution in [0.25, 0.3) is 0 Å². The molecule has 1 aromatic rings. The summed E-state index contributed by atoms with van der Waals surface area (Å²) < 4.78 is 28.7. The van der Waals surface area contributed by atoms with Crippen molar-refractivity contribution >= 4 is 21.6 Å². The van der Waals surface area contributed by atoms with Crippen LogP contribution in [-0.2, 0) is 21.2 Å². The predicted molar refractivity (Wildman–Crippen MR) is 105 cm³/mol. The molecule has 2 aliphatic carbocycles. The topological polar surface area (TPSA) is 78.5 Å². The van der Waals surface area contributed by atoms with E-state index in [2.05, 4.69) is 10.0 Å². The average molecular weight is 392 g/mol. The van der Waals surface area contributed by atoms with Crippen molar-refractivity contribution in [2.75, 3.05) is 11.4 Å². The van der Waals surface area contributed by atoms with Crippen molar-refractivity contribution in [2.45, 2.75) is 81.3 Å². The summed E-state index contributed by atoms with van der Waals surface area (Å²) in [5.41, 5.74) is 1.78. The Morgan fingerprint density at radius 2 is 1.81 bits per heavy atom. The van der Waals surface area contributed by atoms with Gasteiger partial charge in [-0.3, -0.25) is 4.79 Å². The van der Waals surface area contributed by atoms with Crippen LogP contribution >= 0.6 is 0 Å². The Morgan fingerprint density at radius 1 is 1.07 bits per heavy atom. The first-order chi connectivity index (χ1) is 12.9. The van der Waals surface area contributed by atoms with Gasteiger partial charge in [-0.05, 0) is 62.3 Å². The molecule has 0 aromatic heterocycles. The van der Waals surface area contributed by atoms with Crippen molar-refractivity contribution in [3.05, 3.63) is 23.8 Å². The first-order valence-electron chi connectivity index (χ1n) is 10.1. The van der Waals surface area contributed by atoms with Gasteiger partial charge in [-0.15, -0.1) is 0 Å². The van der Waals surface area contributed by atoms with Gasteiger partial charge >= 0.3 is 0 Å². The van der Waals surface area contributed by atoms with Crippen LogP contribution in [0.1, 0.15) is 57.4 Å². The minimum Gasteiger partial charge on any atom is -0.312 e. The molecule has 0 radical (unpaired) electrons. The third-order valence-electron chi connectivity index (χ3n) is 6.25. The number of aryl methyl sites for hydroxylation is 1. The Hall–Kier alpha value is -1.44. The molecule has 2 N–H and O–H groups in total. The molecule has 2 fully saturated rings. The second-order valence-electron chi connectivity index (χ2n) is 8.12. The number of amides is 1. The van der Waals surface area contributed by atoms with Gasteiger partial charge in [0.2, 0.25) is 15.9 Å². The summed E-state index contributed by atoms with van der Waals surface area (Å²) in [4.78, 5) is 13.8. The number of fused-ring (bicyclic) bond motifs is 1. The summed E-state index contributed by atoms with van der Waals surface area (Å²) in [7, 11) is -3.55. The van der Waals surface area contributed by atoms with E-state index in [1.165, 1.54) is 25.7 Å². The van der Waals surface area contributed by atoms with Gasteiger partial charge in [-0.2, -0.15) is 0 Å². The molecule has 0 bridgehead atoms. The summed E-state index contributed by atoms with van der Waals surface area (Å²) >= 11 is 0. The van der Waals surface area contributed by atoms with Gasteiger partial charge in [-0.1, -0.05) is 12.8 Å². The largest absolute Gasteiger partial charge is 0.312 e. The minimum atomic E-state index is -3.55. The van der Waals surface area contributed by atoms with E-state index in [-0.39, 0.29) is 18.0 Å². The SMILES string of the molecule is CC(=O)N1CCCc2cc(S(=O)(=O)NC3CCC3NC3CCCC3)ccc21. The van der Waals surface area contributed by atoms with E-state index in [0.29, 0.717) is 17.5 Å². The number of sulfonamides is 1. The van der Waals surface area contributed by atoms with Gasteiger partial charge in [0.15, 0.2) is 0 Å². The summed E-state index contributed by atoms with van der Waals surface area (Å²) in [5, 5.41) is 3.64. The van der Waals surface area contributed by atoms with Crippen molar-refractivity contribution in [1.82, 2.24) is 10.0 Å². The van der Waals surface area contributed by atoms with Gasteiger partial charge in [0.25, 0.3) is 0 Å². The fraction of sp³-hybridized carbons (Fsp3) is 0.650. The number of anilines is 1. The lowest BCUT2D eigenvalue weighted by atomic mass is 9.86. The van der Waals surface area contributed by atoms with Crippen LogP contribution in [0.4, 0.5) is 5.69 Å². The van der Waals surface area contributed by atoms with E-state index in [9.17, 15) is 13.2 Å². The molecule has 1 aliphatic heterocycles. The number of nitrogens with one attached hydrogen (secondary N) is 2. The Balaban J connectivity index is 1.46. The average Bonchev–Trinajstić information content (AvgIpc) is 3.16. The Kier molecular flexibility index (Phi) is 5.27. The highest BCUT2D eigenvalue weighted by Crippen LogP contribution is 2.31. The molecule has 2 atom stereocenters. The lowest BCUT2D eigenvalue weighted by Crippen LogP contribution is -2.58. The molecule has 0 spiro atoms.